The molecule has 2 aromatic rings. The van der Waals surface area contributed by atoms with E-state index in [1.165, 1.54) is 16.4 Å². The number of ether oxygens (including phenoxy) is 1. The van der Waals surface area contributed by atoms with E-state index in [9.17, 15) is 18.0 Å². The number of para-hydroxylation sites is 1. The molecule has 0 fully saturated rings. The van der Waals surface area contributed by atoms with Gasteiger partial charge >= 0.3 is 0 Å². The lowest BCUT2D eigenvalue weighted by atomic mass is 10.2. The standard InChI is InChI=1S/C21H27N3O5S/c1-3-24(4-2)30(27,28)19-12-10-17(11-13-19)14-22-20(25)15-23-21(26)16-29-18-8-6-5-7-9-18/h5-13H,3-4,14-16H2,1-2H3,(H,22,25)(H,23,26). The van der Waals surface area contributed by atoms with Crippen molar-refractivity contribution in [3.63, 3.8) is 0 Å². The van der Waals surface area contributed by atoms with Crippen LogP contribution in [0.5, 0.6) is 5.75 Å². The molecular weight excluding hydrogens is 406 g/mol. The molecule has 8 nitrogen and oxygen atoms in total. The third-order valence-corrected chi connectivity index (χ3v) is 6.38. The molecule has 9 heteroatoms. The molecule has 2 N–H and O–H groups in total. The number of sulfonamides is 1. The van der Waals surface area contributed by atoms with Crippen molar-refractivity contribution in [1.29, 1.82) is 0 Å². The molecule has 30 heavy (non-hydrogen) atoms. The number of benzene rings is 2. The lowest BCUT2D eigenvalue weighted by molar-refractivity contribution is -0.127. The summed E-state index contributed by atoms with van der Waals surface area (Å²) in [6.45, 7) is 4.25. The first kappa shape index (κ1) is 23.4. The monoisotopic (exact) mass is 433 g/mol. The molecule has 0 aliphatic heterocycles. The smallest absolute Gasteiger partial charge is 0.258 e. The number of amides is 2. The Labute approximate surface area is 177 Å². The average Bonchev–Trinajstić information content (AvgIpc) is 2.76. The van der Waals surface area contributed by atoms with Crippen LogP contribution in [0, 0.1) is 0 Å². The molecule has 0 spiro atoms. The first-order chi connectivity index (χ1) is 14.4. The first-order valence-electron chi connectivity index (χ1n) is 9.67. The molecule has 0 atom stereocenters. The van der Waals surface area contributed by atoms with E-state index in [2.05, 4.69) is 10.6 Å². The summed E-state index contributed by atoms with van der Waals surface area (Å²) >= 11 is 0. The molecule has 0 bridgehead atoms. The number of carbonyl (C=O) groups excluding carboxylic acids is 2. The van der Waals surface area contributed by atoms with Gasteiger partial charge in [0.1, 0.15) is 5.75 Å². The summed E-state index contributed by atoms with van der Waals surface area (Å²) in [5.41, 5.74) is 0.751. The van der Waals surface area contributed by atoms with Crippen LogP contribution < -0.4 is 15.4 Å². The third kappa shape index (κ3) is 6.85. The van der Waals surface area contributed by atoms with Crippen LogP contribution in [-0.2, 0) is 26.2 Å². The average molecular weight is 434 g/mol. The minimum absolute atomic E-state index is 0.175. The van der Waals surface area contributed by atoms with E-state index < -0.39 is 15.9 Å². The van der Waals surface area contributed by atoms with E-state index in [-0.39, 0.29) is 30.5 Å². The maximum Gasteiger partial charge on any atom is 0.258 e. The zero-order chi connectivity index (χ0) is 22.0. The van der Waals surface area contributed by atoms with Crippen molar-refractivity contribution in [2.75, 3.05) is 26.2 Å². The van der Waals surface area contributed by atoms with Crippen molar-refractivity contribution < 1.29 is 22.7 Å². The minimum Gasteiger partial charge on any atom is -0.484 e. The highest BCUT2D eigenvalue weighted by atomic mass is 32.2. The van der Waals surface area contributed by atoms with Crippen LogP contribution in [0.25, 0.3) is 0 Å². The van der Waals surface area contributed by atoms with Gasteiger partial charge in [0, 0.05) is 19.6 Å². The summed E-state index contributed by atoms with van der Waals surface area (Å²) in [5.74, 6) is -0.188. The Morgan fingerprint density at radius 2 is 1.53 bits per heavy atom. The lowest BCUT2D eigenvalue weighted by Gasteiger charge is -2.18. The molecule has 2 aromatic carbocycles. The number of nitrogens with zero attached hydrogens (tertiary/aromatic N) is 1. The summed E-state index contributed by atoms with van der Waals surface area (Å²) < 4.78 is 31.6. The normalized spacial score (nSPS) is 11.2. The van der Waals surface area contributed by atoms with Gasteiger partial charge in [-0.15, -0.1) is 0 Å². The number of rotatable bonds is 11. The van der Waals surface area contributed by atoms with Crippen molar-refractivity contribution in [2.45, 2.75) is 25.3 Å². The van der Waals surface area contributed by atoms with Gasteiger partial charge in [0.15, 0.2) is 6.61 Å². The maximum absolute atomic E-state index is 12.5. The van der Waals surface area contributed by atoms with Crippen LogP contribution in [0.15, 0.2) is 59.5 Å². The van der Waals surface area contributed by atoms with Gasteiger partial charge in [-0.3, -0.25) is 9.59 Å². The lowest BCUT2D eigenvalue weighted by Crippen LogP contribution is -2.38. The molecule has 2 rings (SSSR count). The third-order valence-electron chi connectivity index (χ3n) is 4.32. The van der Waals surface area contributed by atoms with Gasteiger partial charge in [-0.1, -0.05) is 44.2 Å². The molecule has 0 unspecified atom stereocenters. The molecule has 0 aromatic heterocycles. The summed E-state index contributed by atoms with van der Waals surface area (Å²) in [6.07, 6.45) is 0. The van der Waals surface area contributed by atoms with E-state index in [4.69, 9.17) is 4.74 Å². The fourth-order valence-corrected chi connectivity index (χ4v) is 4.11. The second-order valence-corrected chi connectivity index (χ2v) is 8.33. The fraction of sp³-hybridized carbons (Fsp3) is 0.333. The molecule has 0 aliphatic rings. The zero-order valence-electron chi connectivity index (χ0n) is 17.1. The molecule has 2 amide bonds. The Hall–Kier alpha value is -2.91. The summed E-state index contributed by atoms with van der Waals surface area (Å²) in [7, 11) is -3.51. The number of nitrogens with one attached hydrogen (secondary N) is 2. The quantitative estimate of drug-likeness (QED) is 0.559. The maximum atomic E-state index is 12.5. The van der Waals surface area contributed by atoms with Crippen molar-refractivity contribution in [1.82, 2.24) is 14.9 Å². The van der Waals surface area contributed by atoms with E-state index >= 15 is 0 Å². The molecule has 0 radical (unpaired) electrons. The van der Waals surface area contributed by atoms with Crippen LogP contribution in [0.2, 0.25) is 0 Å². The predicted octanol–water partition coefficient (Wildman–Crippen LogP) is 1.53. The Morgan fingerprint density at radius 1 is 0.900 bits per heavy atom. The second kappa shape index (κ2) is 11.3. The Kier molecular flexibility index (Phi) is 8.82. The van der Waals surface area contributed by atoms with Crippen LogP contribution >= 0.6 is 0 Å². The van der Waals surface area contributed by atoms with Crippen LogP contribution in [0.1, 0.15) is 19.4 Å². The molecular formula is C21H27N3O5S. The van der Waals surface area contributed by atoms with Crippen molar-refractivity contribution >= 4 is 21.8 Å². The SMILES string of the molecule is CCN(CC)S(=O)(=O)c1ccc(CNC(=O)CNC(=O)COc2ccccc2)cc1. The Bertz CT molecular complexity index is 927. The van der Waals surface area contributed by atoms with E-state index in [1.54, 1.807) is 50.2 Å². The minimum atomic E-state index is -3.51. The van der Waals surface area contributed by atoms with E-state index in [0.29, 0.717) is 18.8 Å². The molecule has 162 valence electrons. The van der Waals surface area contributed by atoms with Crippen LogP contribution in [-0.4, -0.2) is 50.8 Å². The van der Waals surface area contributed by atoms with Gasteiger partial charge in [-0.25, -0.2) is 8.42 Å². The van der Waals surface area contributed by atoms with Crippen LogP contribution in [0.3, 0.4) is 0 Å². The number of carbonyl (C=O) groups is 2. The summed E-state index contributed by atoms with van der Waals surface area (Å²) in [5, 5.41) is 5.16. The molecule has 0 saturated heterocycles. The Morgan fingerprint density at radius 3 is 2.13 bits per heavy atom. The summed E-state index contributed by atoms with van der Waals surface area (Å²) in [4.78, 5) is 23.9. The number of hydrogen-bond acceptors (Lipinski definition) is 5. The van der Waals surface area contributed by atoms with Crippen LogP contribution in [0.4, 0.5) is 0 Å². The van der Waals surface area contributed by atoms with Gasteiger partial charge < -0.3 is 15.4 Å². The van der Waals surface area contributed by atoms with Gasteiger partial charge in [-0.2, -0.15) is 4.31 Å². The van der Waals surface area contributed by atoms with Crippen molar-refractivity contribution in [3.8, 4) is 5.75 Å². The second-order valence-electron chi connectivity index (χ2n) is 6.39. The highest BCUT2D eigenvalue weighted by Gasteiger charge is 2.21. The largest absolute Gasteiger partial charge is 0.484 e. The fourth-order valence-electron chi connectivity index (χ4n) is 2.65. The van der Waals surface area contributed by atoms with E-state index in [0.717, 1.165) is 5.56 Å². The van der Waals surface area contributed by atoms with Gasteiger partial charge in [-0.05, 0) is 29.8 Å². The predicted molar refractivity (Wildman–Crippen MR) is 113 cm³/mol. The molecule has 0 aliphatic carbocycles. The zero-order valence-corrected chi connectivity index (χ0v) is 17.9. The van der Waals surface area contributed by atoms with Gasteiger partial charge in [0.05, 0.1) is 11.4 Å². The topological polar surface area (TPSA) is 105 Å². The van der Waals surface area contributed by atoms with Gasteiger partial charge in [0.25, 0.3) is 5.91 Å². The summed E-state index contributed by atoms with van der Waals surface area (Å²) in [6, 6.07) is 15.3. The molecule has 0 heterocycles. The highest BCUT2D eigenvalue weighted by Crippen LogP contribution is 2.16. The molecule has 0 saturated carbocycles. The van der Waals surface area contributed by atoms with E-state index in [1.807, 2.05) is 6.07 Å². The number of hydrogen-bond donors (Lipinski definition) is 2. The van der Waals surface area contributed by atoms with Crippen molar-refractivity contribution in [3.05, 3.63) is 60.2 Å². The Balaban J connectivity index is 1.76. The van der Waals surface area contributed by atoms with Crippen molar-refractivity contribution in [2.24, 2.45) is 0 Å². The highest BCUT2D eigenvalue weighted by molar-refractivity contribution is 7.89. The van der Waals surface area contributed by atoms with Gasteiger partial charge in [0.2, 0.25) is 15.9 Å². The first-order valence-corrected chi connectivity index (χ1v) is 11.1.